The lowest BCUT2D eigenvalue weighted by Gasteiger charge is -2.53. The highest BCUT2D eigenvalue weighted by Gasteiger charge is 2.55. The van der Waals surface area contributed by atoms with Gasteiger partial charge < -0.3 is 5.11 Å². The fraction of sp³-hybridized carbons (Fsp3) is 0.360. The van der Waals surface area contributed by atoms with Gasteiger partial charge in [-0.3, -0.25) is 4.98 Å². The molecule has 0 aromatic carbocycles. The first-order valence-electron chi connectivity index (χ1n) is 10.3. The van der Waals surface area contributed by atoms with Crippen molar-refractivity contribution in [3.05, 3.63) is 77.5 Å². The van der Waals surface area contributed by atoms with E-state index in [4.69, 9.17) is 4.98 Å². The van der Waals surface area contributed by atoms with E-state index in [9.17, 15) is 18.7 Å². The molecule has 3 rings (SSSR count). The second kappa shape index (κ2) is 8.04. The minimum atomic E-state index is -1.12. The molecule has 0 saturated carbocycles. The van der Waals surface area contributed by atoms with Crippen LogP contribution in [0.1, 0.15) is 63.4 Å². The number of nitrogens with zero attached hydrogens (tertiary/aromatic N) is 3. The smallest absolute Gasteiger partial charge is 0.354 e. The zero-order valence-corrected chi connectivity index (χ0v) is 19.1. The average molecular weight is 440 g/mol. The topological polar surface area (TPSA) is 76.0 Å². The number of carbonyl (C=O) groups is 1. The second-order valence-corrected chi connectivity index (χ2v) is 9.84. The Kier molecular flexibility index (Phi) is 5.89. The molecule has 0 unspecified atom stereocenters. The van der Waals surface area contributed by atoms with Gasteiger partial charge in [-0.25, -0.2) is 9.78 Å². The van der Waals surface area contributed by atoms with Crippen LogP contribution in [-0.2, 0) is 5.41 Å². The van der Waals surface area contributed by atoms with Gasteiger partial charge in [0.1, 0.15) is 5.69 Å². The standard InChI is InChI=1S/C25H27F2N3O2/c1-23(2,3)25(24(4,5)6,19-12-8-10-17(29-19)22(31)32)18-11-7-9-16(28-18)15-13-14-20(26)30-21(15)27/h7-14H,1-6H3,(H,31,32). The Bertz CT molecular complexity index is 1150. The molecule has 0 aliphatic rings. The van der Waals surface area contributed by atoms with Gasteiger partial charge in [0.15, 0.2) is 0 Å². The van der Waals surface area contributed by atoms with Crippen molar-refractivity contribution in [3.8, 4) is 11.3 Å². The highest BCUT2D eigenvalue weighted by Crippen LogP contribution is 2.56. The highest BCUT2D eigenvalue weighted by atomic mass is 19.1. The van der Waals surface area contributed by atoms with E-state index in [-0.39, 0.29) is 11.3 Å². The Labute approximate surface area is 186 Å². The third kappa shape index (κ3) is 3.87. The third-order valence-corrected chi connectivity index (χ3v) is 5.83. The van der Waals surface area contributed by atoms with Crippen molar-refractivity contribution in [1.82, 2.24) is 15.0 Å². The first-order valence-corrected chi connectivity index (χ1v) is 10.3. The summed E-state index contributed by atoms with van der Waals surface area (Å²) in [6.07, 6.45) is 0. The molecule has 0 spiro atoms. The summed E-state index contributed by atoms with van der Waals surface area (Å²) in [5.74, 6) is -2.97. The molecular weight excluding hydrogens is 412 g/mol. The number of hydrogen-bond donors (Lipinski definition) is 1. The van der Waals surface area contributed by atoms with E-state index in [2.05, 4.69) is 9.97 Å². The number of aromatic nitrogens is 3. The van der Waals surface area contributed by atoms with E-state index in [1.807, 2.05) is 47.6 Å². The van der Waals surface area contributed by atoms with Gasteiger partial charge in [-0.1, -0.05) is 53.7 Å². The van der Waals surface area contributed by atoms with Gasteiger partial charge >= 0.3 is 5.97 Å². The summed E-state index contributed by atoms with van der Waals surface area (Å²) in [6.45, 7) is 12.3. The zero-order chi connectivity index (χ0) is 23.9. The first kappa shape index (κ1) is 23.4. The van der Waals surface area contributed by atoms with Crippen molar-refractivity contribution in [3.63, 3.8) is 0 Å². The molecular formula is C25H27F2N3O2. The van der Waals surface area contributed by atoms with E-state index >= 15 is 0 Å². The summed E-state index contributed by atoms with van der Waals surface area (Å²) in [4.78, 5) is 24.3. The monoisotopic (exact) mass is 439 g/mol. The number of hydrogen-bond acceptors (Lipinski definition) is 4. The largest absolute Gasteiger partial charge is 0.477 e. The van der Waals surface area contributed by atoms with Gasteiger partial charge in [-0.05, 0) is 47.2 Å². The summed E-state index contributed by atoms with van der Waals surface area (Å²) < 4.78 is 27.8. The fourth-order valence-electron chi connectivity index (χ4n) is 4.95. The maximum Gasteiger partial charge on any atom is 0.354 e. The molecule has 0 amide bonds. The molecule has 32 heavy (non-hydrogen) atoms. The highest BCUT2D eigenvalue weighted by molar-refractivity contribution is 5.85. The lowest BCUT2D eigenvalue weighted by Crippen LogP contribution is -2.52. The average Bonchev–Trinajstić information content (AvgIpc) is 2.66. The van der Waals surface area contributed by atoms with Crippen LogP contribution in [0.15, 0.2) is 48.5 Å². The Morgan fingerprint density at radius 1 is 0.781 bits per heavy atom. The number of halogens is 2. The summed E-state index contributed by atoms with van der Waals surface area (Å²) in [5, 5.41) is 9.54. The van der Waals surface area contributed by atoms with Crippen LogP contribution < -0.4 is 0 Å². The molecule has 0 aliphatic carbocycles. The van der Waals surface area contributed by atoms with Crippen LogP contribution in [0.3, 0.4) is 0 Å². The molecule has 7 heteroatoms. The summed E-state index contributed by atoms with van der Waals surface area (Å²) in [6, 6.07) is 12.6. The lowest BCUT2D eigenvalue weighted by molar-refractivity contribution is 0.0676. The quantitative estimate of drug-likeness (QED) is 0.513. The Morgan fingerprint density at radius 2 is 1.34 bits per heavy atom. The summed E-state index contributed by atoms with van der Waals surface area (Å²) in [7, 11) is 0. The molecule has 0 aliphatic heterocycles. The van der Waals surface area contributed by atoms with Crippen molar-refractivity contribution in [2.45, 2.75) is 47.0 Å². The number of pyridine rings is 3. The maximum atomic E-state index is 14.4. The van der Waals surface area contributed by atoms with Crippen LogP contribution in [0, 0.1) is 22.7 Å². The van der Waals surface area contributed by atoms with Gasteiger partial charge in [-0.15, -0.1) is 0 Å². The van der Waals surface area contributed by atoms with Crippen LogP contribution in [0.25, 0.3) is 11.3 Å². The van der Waals surface area contributed by atoms with Gasteiger partial charge in [0.2, 0.25) is 11.9 Å². The number of carboxylic acid groups (broad SMARTS) is 1. The first-order chi connectivity index (χ1) is 14.8. The molecule has 0 radical (unpaired) electrons. The van der Waals surface area contributed by atoms with Gasteiger partial charge in [0.25, 0.3) is 0 Å². The van der Waals surface area contributed by atoms with Gasteiger partial charge in [0.05, 0.1) is 28.1 Å². The van der Waals surface area contributed by atoms with Crippen molar-refractivity contribution in [2.24, 2.45) is 10.8 Å². The third-order valence-electron chi connectivity index (χ3n) is 5.83. The second-order valence-electron chi connectivity index (χ2n) is 9.84. The minimum absolute atomic E-state index is 0.0645. The van der Waals surface area contributed by atoms with E-state index in [1.165, 1.54) is 12.1 Å². The van der Waals surface area contributed by atoms with Crippen molar-refractivity contribution >= 4 is 5.97 Å². The normalized spacial score (nSPS) is 12.6. The number of rotatable bonds is 4. The summed E-state index contributed by atoms with van der Waals surface area (Å²) >= 11 is 0. The Hall–Kier alpha value is -3.22. The van der Waals surface area contributed by atoms with E-state index in [0.29, 0.717) is 17.1 Å². The molecule has 0 saturated heterocycles. The van der Waals surface area contributed by atoms with Crippen LogP contribution in [0.5, 0.6) is 0 Å². The number of aromatic carboxylic acids is 1. The van der Waals surface area contributed by atoms with E-state index in [0.717, 1.165) is 6.07 Å². The molecule has 0 atom stereocenters. The Balaban J connectivity index is 2.38. The maximum absolute atomic E-state index is 14.4. The molecule has 3 aromatic heterocycles. The van der Waals surface area contributed by atoms with Crippen molar-refractivity contribution in [2.75, 3.05) is 0 Å². The van der Waals surface area contributed by atoms with Crippen LogP contribution >= 0.6 is 0 Å². The molecule has 3 aromatic rings. The van der Waals surface area contributed by atoms with Crippen LogP contribution in [0.4, 0.5) is 8.78 Å². The lowest BCUT2D eigenvalue weighted by atomic mass is 9.51. The summed E-state index contributed by atoms with van der Waals surface area (Å²) in [5.41, 5.74) is -0.317. The SMILES string of the molecule is CC(C)(C)C(c1cccc(C(=O)O)n1)(c1cccc(-c2ccc(F)nc2F)n1)C(C)(C)C. The predicted octanol–water partition coefficient (Wildman–Crippen LogP) is 5.89. The van der Waals surface area contributed by atoms with Crippen LogP contribution in [0.2, 0.25) is 0 Å². The zero-order valence-electron chi connectivity index (χ0n) is 19.1. The van der Waals surface area contributed by atoms with Crippen LogP contribution in [-0.4, -0.2) is 26.0 Å². The molecule has 3 heterocycles. The molecule has 0 bridgehead atoms. The van der Waals surface area contributed by atoms with Crippen molar-refractivity contribution < 1.29 is 18.7 Å². The minimum Gasteiger partial charge on any atom is -0.477 e. The van der Waals surface area contributed by atoms with E-state index in [1.54, 1.807) is 24.3 Å². The number of carboxylic acids is 1. The predicted molar refractivity (Wildman–Crippen MR) is 118 cm³/mol. The van der Waals surface area contributed by atoms with Crippen molar-refractivity contribution in [1.29, 1.82) is 0 Å². The molecule has 1 N–H and O–H groups in total. The molecule has 5 nitrogen and oxygen atoms in total. The fourth-order valence-corrected chi connectivity index (χ4v) is 4.95. The van der Waals surface area contributed by atoms with Gasteiger partial charge in [0, 0.05) is 0 Å². The molecule has 168 valence electrons. The van der Waals surface area contributed by atoms with Gasteiger partial charge in [-0.2, -0.15) is 13.8 Å². The molecule has 0 fully saturated rings. The van der Waals surface area contributed by atoms with E-state index < -0.39 is 34.1 Å². The Morgan fingerprint density at radius 3 is 1.88 bits per heavy atom.